The number of imidazole rings is 1. The summed E-state index contributed by atoms with van der Waals surface area (Å²) in [6.45, 7) is 0.369. The van der Waals surface area contributed by atoms with Gasteiger partial charge in [-0.15, -0.1) is 0 Å². The minimum Gasteiger partial charge on any atom is -0.497 e. The SMILES string of the molecule is COc1ccc(-c2ccc(CC(=O)NCc3ccc(-c4cnc(N)[nH]4)cn3)cc2)cc1. The van der Waals surface area contributed by atoms with Crippen LogP contribution in [0.1, 0.15) is 11.3 Å². The van der Waals surface area contributed by atoms with Crippen molar-refractivity contribution in [1.82, 2.24) is 20.3 Å². The molecule has 156 valence electrons. The second kappa shape index (κ2) is 9.13. The van der Waals surface area contributed by atoms with Crippen molar-refractivity contribution in [2.75, 3.05) is 12.8 Å². The van der Waals surface area contributed by atoms with Gasteiger partial charge in [-0.3, -0.25) is 9.78 Å². The molecule has 31 heavy (non-hydrogen) atoms. The number of amides is 1. The van der Waals surface area contributed by atoms with Crippen molar-refractivity contribution in [3.05, 3.63) is 84.3 Å². The Balaban J connectivity index is 1.30. The van der Waals surface area contributed by atoms with Gasteiger partial charge in [-0.25, -0.2) is 4.98 Å². The third-order valence-electron chi connectivity index (χ3n) is 4.94. The third-order valence-corrected chi connectivity index (χ3v) is 4.94. The predicted molar refractivity (Wildman–Crippen MR) is 120 cm³/mol. The average Bonchev–Trinajstić information content (AvgIpc) is 3.25. The Hall–Kier alpha value is -4.13. The molecule has 1 amide bonds. The molecule has 0 saturated carbocycles. The number of hydrogen-bond donors (Lipinski definition) is 3. The quantitative estimate of drug-likeness (QED) is 0.429. The zero-order chi connectivity index (χ0) is 21.6. The van der Waals surface area contributed by atoms with Crippen molar-refractivity contribution in [3.63, 3.8) is 0 Å². The Kier molecular flexibility index (Phi) is 5.93. The van der Waals surface area contributed by atoms with Crippen molar-refractivity contribution in [1.29, 1.82) is 0 Å². The molecule has 0 radical (unpaired) electrons. The molecule has 0 aliphatic heterocycles. The van der Waals surface area contributed by atoms with Crippen LogP contribution in [0.2, 0.25) is 0 Å². The van der Waals surface area contributed by atoms with Crippen LogP contribution in [0.4, 0.5) is 5.95 Å². The molecule has 4 rings (SSSR count). The zero-order valence-corrected chi connectivity index (χ0v) is 17.1. The number of carbonyl (C=O) groups is 1. The van der Waals surface area contributed by atoms with E-state index in [-0.39, 0.29) is 5.91 Å². The number of aromatic amines is 1. The second-order valence-electron chi connectivity index (χ2n) is 7.10. The Morgan fingerprint density at radius 3 is 2.19 bits per heavy atom. The Bertz CT molecular complexity index is 1150. The van der Waals surface area contributed by atoms with Crippen molar-refractivity contribution < 1.29 is 9.53 Å². The number of nitrogens with two attached hydrogens (primary N) is 1. The first-order chi connectivity index (χ1) is 15.1. The molecule has 7 heteroatoms. The van der Waals surface area contributed by atoms with Crippen molar-refractivity contribution in [2.24, 2.45) is 0 Å². The molecular weight excluding hydrogens is 390 g/mol. The summed E-state index contributed by atoms with van der Waals surface area (Å²) >= 11 is 0. The normalized spacial score (nSPS) is 10.6. The van der Waals surface area contributed by atoms with Gasteiger partial charge in [0.25, 0.3) is 0 Å². The number of nitrogens with zero attached hydrogens (tertiary/aromatic N) is 2. The first-order valence-electron chi connectivity index (χ1n) is 9.86. The van der Waals surface area contributed by atoms with E-state index in [1.165, 1.54) is 0 Å². The highest BCUT2D eigenvalue weighted by Gasteiger charge is 2.06. The average molecular weight is 413 g/mol. The number of hydrogen-bond acceptors (Lipinski definition) is 5. The van der Waals surface area contributed by atoms with E-state index in [0.29, 0.717) is 18.9 Å². The number of H-pyrrole nitrogens is 1. The maximum atomic E-state index is 12.3. The predicted octanol–water partition coefficient (Wildman–Crippen LogP) is 3.59. The van der Waals surface area contributed by atoms with Crippen LogP contribution in [0.15, 0.2) is 73.1 Å². The fourth-order valence-electron chi connectivity index (χ4n) is 3.21. The van der Waals surface area contributed by atoms with Gasteiger partial charge in [0.2, 0.25) is 5.91 Å². The van der Waals surface area contributed by atoms with Gasteiger partial charge in [0.15, 0.2) is 5.95 Å². The Morgan fingerprint density at radius 2 is 1.61 bits per heavy atom. The fourth-order valence-corrected chi connectivity index (χ4v) is 3.21. The Labute approximate surface area is 180 Å². The largest absolute Gasteiger partial charge is 0.497 e. The summed E-state index contributed by atoms with van der Waals surface area (Å²) in [5.74, 6) is 1.14. The molecule has 0 saturated heterocycles. The van der Waals surface area contributed by atoms with Crippen LogP contribution in [-0.4, -0.2) is 28.0 Å². The molecule has 2 heterocycles. The molecule has 0 unspecified atom stereocenters. The van der Waals surface area contributed by atoms with Crippen LogP contribution in [0.3, 0.4) is 0 Å². The number of nitrogen functional groups attached to an aromatic ring is 1. The van der Waals surface area contributed by atoms with Gasteiger partial charge in [0.1, 0.15) is 5.75 Å². The molecule has 4 aromatic rings. The van der Waals surface area contributed by atoms with E-state index in [0.717, 1.165) is 39.4 Å². The van der Waals surface area contributed by atoms with Gasteiger partial charge in [-0.1, -0.05) is 36.4 Å². The molecule has 0 aliphatic rings. The maximum Gasteiger partial charge on any atom is 0.224 e. The fraction of sp³-hybridized carbons (Fsp3) is 0.125. The minimum atomic E-state index is -0.0515. The first kappa shape index (κ1) is 20.2. The molecule has 4 N–H and O–H groups in total. The van der Waals surface area contributed by atoms with Gasteiger partial charge in [0, 0.05) is 11.8 Å². The lowest BCUT2D eigenvalue weighted by Crippen LogP contribution is -2.24. The van der Waals surface area contributed by atoms with Crippen LogP contribution < -0.4 is 15.8 Å². The second-order valence-corrected chi connectivity index (χ2v) is 7.10. The maximum absolute atomic E-state index is 12.3. The first-order valence-corrected chi connectivity index (χ1v) is 9.86. The number of aromatic nitrogens is 3. The molecule has 2 aromatic heterocycles. The van der Waals surface area contributed by atoms with E-state index in [4.69, 9.17) is 10.5 Å². The molecule has 0 atom stereocenters. The molecule has 0 bridgehead atoms. The summed E-state index contributed by atoms with van der Waals surface area (Å²) in [5, 5.41) is 2.91. The van der Waals surface area contributed by atoms with Gasteiger partial charge in [0.05, 0.1) is 37.7 Å². The summed E-state index contributed by atoms with van der Waals surface area (Å²) < 4.78 is 5.19. The highest BCUT2D eigenvalue weighted by atomic mass is 16.5. The highest BCUT2D eigenvalue weighted by Crippen LogP contribution is 2.23. The summed E-state index contributed by atoms with van der Waals surface area (Å²) in [4.78, 5) is 23.6. The zero-order valence-electron chi connectivity index (χ0n) is 17.1. The number of ether oxygens (including phenoxy) is 1. The molecule has 0 fully saturated rings. The Morgan fingerprint density at radius 1 is 0.935 bits per heavy atom. The smallest absolute Gasteiger partial charge is 0.224 e. The number of carbonyl (C=O) groups excluding carboxylic acids is 1. The van der Waals surface area contributed by atoms with Crippen LogP contribution in [0, 0.1) is 0 Å². The lowest BCUT2D eigenvalue weighted by Gasteiger charge is -2.07. The van der Waals surface area contributed by atoms with E-state index >= 15 is 0 Å². The standard InChI is InChI=1S/C24H23N5O2/c1-31-21-10-7-18(8-11-21)17-4-2-16(3-5-17)12-23(30)27-14-20-9-6-19(13-26-20)22-15-28-24(25)29-22/h2-11,13,15H,12,14H2,1H3,(H,27,30)(H3,25,28,29). The van der Waals surface area contributed by atoms with Crippen LogP contribution in [0.25, 0.3) is 22.4 Å². The van der Waals surface area contributed by atoms with E-state index in [1.54, 1.807) is 19.5 Å². The third kappa shape index (κ3) is 5.08. The minimum absolute atomic E-state index is 0.0515. The van der Waals surface area contributed by atoms with E-state index in [1.807, 2.05) is 60.7 Å². The van der Waals surface area contributed by atoms with Crippen LogP contribution in [-0.2, 0) is 17.8 Å². The van der Waals surface area contributed by atoms with Crippen LogP contribution >= 0.6 is 0 Å². The monoisotopic (exact) mass is 413 g/mol. The molecular formula is C24H23N5O2. The number of methoxy groups -OCH3 is 1. The summed E-state index contributed by atoms with van der Waals surface area (Å²) in [6.07, 6.45) is 3.70. The number of benzene rings is 2. The number of rotatable bonds is 7. The van der Waals surface area contributed by atoms with Crippen molar-refractivity contribution in [3.8, 4) is 28.1 Å². The summed E-state index contributed by atoms with van der Waals surface area (Å²) in [5.41, 5.74) is 11.2. The van der Waals surface area contributed by atoms with Gasteiger partial charge < -0.3 is 20.8 Å². The topological polar surface area (TPSA) is 106 Å². The van der Waals surface area contributed by atoms with E-state index in [9.17, 15) is 4.79 Å². The molecule has 0 aliphatic carbocycles. The molecule has 2 aromatic carbocycles. The van der Waals surface area contributed by atoms with Crippen molar-refractivity contribution >= 4 is 11.9 Å². The van der Waals surface area contributed by atoms with Crippen LogP contribution in [0.5, 0.6) is 5.75 Å². The number of anilines is 1. The lowest BCUT2D eigenvalue weighted by atomic mass is 10.0. The van der Waals surface area contributed by atoms with Gasteiger partial charge in [-0.05, 0) is 41.0 Å². The molecule has 0 spiro atoms. The molecule has 7 nitrogen and oxygen atoms in total. The van der Waals surface area contributed by atoms with E-state index in [2.05, 4.69) is 20.3 Å². The number of nitrogens with one attached hydrogen (secondary N) is 2. The van der Waals surface area contributed by atoms with E-state index < -0.39 is 0 Å². The highest BCUT2D eigenvalue weighted by molar-refractivity contribution is 5.78. The summed E-state index contributed by atoms with van der Waals surface area (Å²) in [7, 11) is 1.65. The number of pyridine rings is 1. The van der Waals surface area contributed by atoms with Gasteiger partial charge in [-0.2, -0.15) is 0 Å². The van der Waals surface area contributed by atoms with Crippen molar-refractivity contribution in [2.45, 2.75) is 13.0 Å². The van der Waals surface area contributed by atoms with Gasteiger partial charge >= 0.3 is 0 Å². The summed E-state index contributed by atoms with van der Waals surface area (Å²) in [6, 6.07) is 19.7. The lowest BCUT2D eigenvalue weighted by molar-refractivity contribution is -0.120.